The van der Waals surface area contributed by atoms with E-state index in [0.717, 1.165) is 12.2 Å². The summed E-state index contributed by atoms with van der Waals surface area (Å²) in [6.45, 7) is 1.96. The average molecular weight is 256 g/mol. The molecule has 1 rings (SSSR count). The Kier molecular flexibility index (Phi) is 5.02. The molecule has 7 heteroatoms. The SMILES string of the molecule is CSCCC(C)Nc1nc(N)ccc1[N+](=O)[O-]. The smallest absolute Gasteiger partial charge is 0.311 e. The Morgan fingerprint density at radius 1 is 1.65 bits per heavy atom. The van der Waals surface area contributed by atoms with Crippen LogP contribution in [0.2, 0.25) is 0 Å². The molecule has 1 heterocycles. The molecule has 0 aliphatic heterocycles. The van der Waals surface area contributed by atoms with E-state index in [1.54, 1.807) is 11.8 Å². The van der Waals surface area contributed by atoms with Crippen LogP contribution >= 0.6 is 11.8 Å². The third kappa shape index (κ3) is 4.10. The summed E-state index contributed by atoms with van der Waals surface area (Å²) >= 11 is 1.74. The topological polar surface area (TPSA) is 94.1 Å². The summed E-state index contributed by atoms with van der Waals surface area (Å²) in [6, 6.07) is 2.91. The number of hydrogen-bond donors (Lipinski definition) is 2. The molecule has 3 N–H and O–H groups in total. The number of nitrogens with zero attached hydrogens (tertiary/aromatic N) is 2. The van der Waals surface area contributed by atoms with Crippen molar-refractivity contribution in [2.75, 3.05) is 23.1 Å². The van der Waals surface area contributed by atoms with Crippen LogP contribution in [-0.4, -0.2) is 28.0 Å². The first kappa shape index (κ1) is 13.6. The third-order valence-electron chi connectivity index (χ3n) is 2.23. The first-order valence-electron chi connectivity index (χ1n) is 5.21. The number of hydrogen-bond acceptors (Lipinski definition) is 6. The molecule has 94 valence electrons. The minimum atomic E-state index is -0.462. The summed E-state index contributed by atoms with van der Waals surface area (Å²) in [5, 5.41) is 13.8. The fourth-order valence-electron chi connectivity index (χ4n) is 1.32. The van der Waals surface area contributed by atoms with Gasteiger partial charge in [-0.1, -0.05) is 0 Å². The van der Waals surface area contributed by atoms with Crippen LogP contribution in [-0.2, 0) is 0 Å². The van der Waals surface area contributed by atoms with Crippen LogP contribution < -0.4 is 11.1 Å². The van der Waals surface area contributed by atoms with Crippen molar-refractivity contribution in [3.8, 4) is 0 Å². The number of thioether (sulfide) groups is 1. The van der Waals surface area contributed by atoms with Gasteiger partial charge in [0.15, 0.2) is 0 Å². The maximum Gasteiger partial charge on any atom is 0.311 e. The fraction of sp³-hybridized carbons (Fsp3) is 0.500. The summed E-state index contributed by atoms with van der Waals surface area (Å²) in [6.07, 6.45) is 2.93. The molecule has 0 aliphatic rings. The van der Waals surface area contributed by atoms with Crippen LogP contribution in [0, 0.1) is 10.1 Å². The lowest BCUT2D eigenvalue weighted by Crippen LogP contribution is -2.18. The van der Waals surface area contributed by atoms with E-state index in [1.165, 1.54) is 12.1 Å². The van der Waals surface area contributed by atoms with E-state index in [-0.39, 0.29) is 23.4 Å². The second-order valence-electron chi connectivity index (χ2n) is 3.69. The zero-order valence-corrected chi connectivity index (χ0v) is 10.7. The summed E-state index contributed by atoms with van der Waals surface area (Å²) in [5.41, 5.74) is 5.48. The van der Waals surface area contributed by atoms with Gasteiger partial charge >= 0.3 is 5.69 Å². The van der Waals surface area contributed by atoms with Crippen LogP contribution in [0.15, 0.2) is 12.1 Å². The molecular formula is C10H16N4O2S. The van der Waals surface area contributed by atoms with Gasteiger partial charge in [-0.2, -0.15) is 11.8 Å². The highest BCUT2D eigenvalue weighted by molar-refractivity contribution is 7.98. The van der Waals surface area contributed by atoms with E-state index in [0.29, 0.717) is 0 Å². The van der Waals surface area contributed by atoms with Crippen molar-refractivity contribution in [2.24, 2.45) is 0 Å². The maximum atomic E-state index is 10.8. The van der Waals surface area contributed by atoms with Gasteiger partial charge in [0.2, 0.25) is 5.82 Å². The highest BCUT2D eigenvalue weighted by Gasteiger charge is 2.16. The highest BCUT2D eigenvalue weighted by Crippen LogP contribution is 2.24. The van der Waals surface area contributed by atoms with Gasteiger partial charge in [-0.05, 0) is 31.4 Å². The fourth-order valence-corrected chi connectivity index (χ4v) is 1.91. The van der Waals surface area contributed by atoms with Crippen LogP contribution in [0.5, 0.6) is 0 Å². The molecule has 0 amide bonds. The Labute approximate surface area is 104 Å². The maximum absolute atomic E-state index is 10.8. The van der Waals surface area contributed by atoms with Gasteiger partial charge < -0.3 is 11.1 Å². The van der Waals surface area contributed by atoms with Gasteiger partial charge in [0, 0.05) is 12.1 Å². The number of aromatic nitrogens is 1. The Bertz CT molecular complexity index is 400. The molecule has 0 saturated carbocycles. The van der Waals surface area contributed by atoms with E-state index < -0.39 is 4.92 Å². The normalized spacial score (nSPS) is 12.1. The number of nitrogens with two attached hydrogens (primary N) is 1. The van der Waals surface area contributed by atoms with E-state index in [9.17, 15) is 10.1 Å². The summed E-state index contributed by atoms with van der Waals surface area (Å²) < 4.78 is 0. The van der Waals surface area contributed by atoms with Crippen molar-refractivity contribution in [1.82, 2.24) is 4.98 Å². The van der Waals surface area contributed by atoms with E-state index in [2.05, 4.69) is 10.3 Å². The largest absolute Gasteiger partial charge is 0.384 e. The quantitative estimate of drug-likeness (QED) is 0.598. The van der Waals surface area contributed by atoms with Crippen molar-refractivity contribution in [2.45, 2.75) is 19.4 Å². The highest BCUT2D eigenvalue weighted by atomic mass is 32.2. The Hall–Kier alpha value is -1.50. The van der Waals surface area contributed by atoms with Gasteiger partial charge in [0.25, 0.3) is 0 Å². The van der Waals surface area contributed by atoms with Crippen molar-refractivity contribution in [3.05, 3.63) is 22.2 Å². The van der Waals surface area contributed by atoms with Gasteiger partial charge in [0.1, 0.15) is 5.82 Å². The van der Waals surface area contributed by atoms with Gasteiger partial charge in [-0.15, -0.1) is 0 Å². The first-order chi connectivity index (χ1) is 8.04. The number of nitrogens with one attached hydrogen (secondary N) is 1. The predicted molar refractivity (Wildman–Crippen MR) is 71.4 cm³/mol. The van der Waals surface area contributed by atoms with E-state index >= 15 is 0 Å². The molecule has 0 fully saturated rings. The third-order valence-corrected chi connectivity index (χ3v) is 2.87. The number of anilines is 2. The minimum Gasteiger partial charge on any atom is -0.384 e. The molecule has 17 heavy (non-hydrogen) atoms. The molecule has 0 saturated heterocycles. The van der Waals surface area contributed by atoms with Crippen LogP contribution in [0.25, 0.3) is 0 Å². The number of nitrogen functional groups attached to an aromatic ring is 1. The monoisotopic (exact) mass is 256 g/mol. The van der Waals surface area contributed by atoms with Crippen molar-refractivity contribution >= 4 is 29.1 Å². The zero-order chi connectivity index (χ0) is 12.8. The molecule has 6 nitrogen and oxygen atoms in total. The molecule has 0 aliphatic carbocycles. The predicted octanol–water partition coefficient (Wildman–Crippen LogP) is 2.13. The van der Waals surface area contributed by atoms with Crippen LogP contribution in [0.3, 0.4) is 0 Å². The lowest BCUT2D eigenvalue weighted by molar-refractivity contribution is -0.384. The first-order valence-corrected chi connectivity index (χ1v) is 6.60. The Morgan fingerprint density at radius 2 is 2.35 bits per heavy atom. The second kappa shape index (κ2) is 6.29. The summed E-state index contributed by atoms with van der Waals surface area (Å²) in [5.74, 6) is 1.50. The lowest BCUT2D eigenvalue weighted by Gasteiger charge is -2.13. The molecule has 0 radical (unpaired) electrons. The second-order valence-corrected chi connectivity index (χ2v) is 4.67. The Morgan fingerprint density at radius 3 is 2.94 bits per heavy atom. The summed E-state index contributed by atoms with van der Waals surface area (Å²) in [4.78, 5) is 14.3. The summed E-state index contributed by atoms with van der Waals surface area (Å²) in [7, 11) is 0. The van der Waals surface area contributed by atoms with Crippen molar-refractivity contribution < 1.29 is 4.92 Å². The zero-order valence-electron chi connectivity index (χ0n) is 9.84. The van der Waals surface area contributed by atoms with E-state index in [4.69, 9.17) is 5.73 Å². The minimum absolute atomic E-state index is 0.0461. The number of pyridine rings is 1. The van der Waals surface area contributed by atoms with Gasteiger partial charge in [0.05, 0.1) is 4.92 Å². The number of nitro groups is 1. The number of rotatable bonds is 6. The molecule has 1 unspecified atom stereocenters. The molecule has 0 spiro atoms. The standard InChI is InChI=1S/C10H16N4O2S/c1-7(5-6-17-2)12-10-8(14(15)16)3-4-9(11)13-10/h3-4,7H,5-6H2,1-2H3,(H3,11,12,13). The van der Waals surface area contributed by atoms with Crippen molar-refractivity contribution in [3.63, 3.8) is 0 Å². The van der Waals surface area contributed by atoms with E-state index in [1.807, 2.05) is 13.2 Å². The van der Waals surface area contributed by atoms with Crippen LogP contribution in [0.4, 0.5) is 17.3 Å². The molecule has 0 aromatic carbocycles. The van der Waals surface area contributed by atoms with Crippen LogP contribution in [0.1, 0.15) is 13.3 Å². The molecular weight excluding hydrogens is 240 g/mol. The van der Waals surface area contributed by atoms with Crippen molar-refractivity contribution in [1.29, 1.82) is 0 Å². The molecule has 1 aromatic heterocycles. The van der Waals surface area contributed by atoms with Gasteiger partial charge in [-0.3, -0.25) is 10.1 Å². The molecule has 0 bridgehead atoms. The average Bonchev–Trinajstić information content (AvgIpc) is 2.26. The molecule has 1 atom stereocenters. The van der Waals surface area contributed by atoms with Gasteiger partial charge in [-0.25, -0.2) is 4.98 Å². The lowest BCUT2D eigenvalue weighted by atomic mass is 10.2. The molecule has 1 aromatic rings. The Balaban J connectivity index is 2.81.